The van der Waals surface area contributed by atoms with Gasteiger partial charge in [0, 0.05) is 20.1 Å². The summed E-state index contributed by atoms with van der Waals surface area (Å²) in [5.74, 6) is -0.842. The third-order valence-electron chi connectivity index (χ3n) is 3.11. The minimum atomic E-state index is -0.484. The molecule has 0 unspecified atom stereocenters. The summed E-state index contributed by atoms with van der Waals surface area (Å²) in [6.07, 6.45) is 0. The molecule has 8 heteroatoms. The lowest BCUT2D eigenvalue weighted by Gasteiger charge is -2.23. The van der Waals surface area contributed by atoms with E-state index in [9.17, 15) is 14.4 Å². The smallest absolute Gasteiger partial charge is 0.287 e. The average molecular weight is 374 g/mol. The number of hydrogen-bond donors (Lipinski definition) is 1. The normalized spacial score (nSPS) is 10.2. The highest BCUT2D eigenvalue weighted by Crippen LogP contribution is 2.13. The predicted octanol–water partition coefficient (Wildman–Crippen LogP) is 1.10. The van der Waals surface area contributed by atoms with Crippen LogP contribution in [0.1, 0.15) is 24.4 Å². The van der Waals surface area contributed by atoms with Gasteiger partial charge in [0.15, 0.2) is 10.4 Å². The van der Waals surface area contributed by atoms with Crippen LogP contribution in [-0.4, -0.2) is 60.7 Å². The molecule has 0 bridgehead atoms. The SMILES string of the molecule is CCN(CC)C(=O)CN(C)C(=O)CNC(=O)c1ccc(Br)o1. The van der Waals surface area contributed by atoms with E-state index in [0.29, 0.717) is 17.8 Å². The fourth-order valence-electron chi connectivity index (χ4n) is 1.78. The maximum absolute atomic E-state index is 11.9. The standard InChI is InChI=1S/C14H20BrN3O4/c1-4-18(5-2)13(20)9-17(3)12(19)8-16-14(21)10-6-7-11(15)22-10/h6-7H,4-5,8-9H2,1-3H3,(H,16,21). The van der Waals surface area contributed by atoms with Gasteiger partial charge in [-0.2, -0.15) is 0 Å². The average Bonchev–Trinajstić information content (AvgIpc) is 2.92. The van der Waals surface area contributed by atoms with Gasteiger partial charge in [-0.3, -0.25) is 14.4 Å². The molecule has 0 aliphatic rings. The van der Waals surface area contributed by atoms with E-state index in [1.807, 2.05) is 13.8 Å². The van der Waals surface area contributed by atoms with E-state index in [-0.39, 0.29) is 30.7 Å². The van der Waals surface area contributed by atoms with Crippen molar-refractivity contribution in [1.29, 1.82) is 0 Å². The van der Waals surface area contributed by atoms with Gasteiger partial charge in [-0.05, 0) is 41.9 Å². The Morgan fingerprint density at radius 3 is 2.32 bits per heavy atom. The number of amides is 3. The van der Waals surface area contributed by atoms with Gasteiger partial charge in [0.25, 0.3) is 5.91 Å². The third-order valence-corrected chi connectivity index (χ3v) is 3.54. The molecule has 0 aliphatic heterocycles. The number of nitrogens with zero attached hydrogens (tertiary/aromatic N) is 2. The van der Waals surface area contributed by atoms with Crippen molar-refractivity contribution in [1.82, 2.24) is 15.1 Å². The second kappa shape index (κ2) is 8.57. The summed E-state index contributed by atoms with van der Waals surface area (Å²) in [6.45, 7) is 4.75. The second-order valence-electron chi connectivity index (χ2n) is 4.60. The molecule has 122 valence electrons. The highest BCUT2D eigenvalue weighted by molar-refractivity contribution is 9.10. The van der Waals surface area contributed by atoms with E-state index in [4.69, 9.17) is 4.42 Å². The fraction of sp³-hybridized carbons (Fsp3) is 0.500. The fourth-order valence-corrected chi connectivity index (χ4v) is 2.09. The van der Waals surface area contributed by atoms with E-state index < -0.39 is 5.91 Å². The molecule has 22 heavy (non-hydrogen) atoms. The van der Waals surface area contributed by atoms with E-state index in [1.165, 1.54) is 18.0 Å². The van der Waals surface area contributed by atoms with Crippen LogP contribution in [0.2, 0.25) is 0 Å². The topological polar surface area (TPSA) is 82.9 Å². The molecular weight excluding hydrogens is 354 g/mol. The summed E-state index contributed by atoms with van der Waals surface area (Å²) in [5.41, 5.74) is 0. The summed E-state index contributed by atoms with van der Waals surface area (Å²) < 4.78 is 5.52. The second-order valence-corrected chi connectivity index (χ2v) is 5.38. The Bertz CT molecular complexity index is 540. The monoisotopic (exact) mass is 373 g/mol. The van der Waals surface area contributed by atoms with Gasteiger partial charge in [-0.25, -0.2) is 0 Å². The Kier molecular flexibility index (Phi) is 7.10. The van der Waals surface area contributed by atoms with Crippen LogP contribution in [0, 0.1) is 0 Å². The van der Waals surface area contributed by atoms with Crippen LogP contribution < -0.4 is 5.32 Å². The van der Waals surface area contributed by atoms with Crippen molar-refractivity contribution in [2.45, 2.75) is 13.8 Å². The minimum absolute atomic E-state index is 0.0112. The third kappa shape index (κ3) is 5.18. The van der Waals surface area contributed by atoms with Crippen molar-refractivity contribution >= 4 is 33.7 Å². The molecular formula is C14H20BrN3O4. The van der Waals surface area contributed by atoms with Gasteiger partial charge in [-0.15, -0.1) is 0 Å². The largest absolute Gasteiger partial charge is 0.444 e. The van der Waals surface area contributed by atoms with Crippen LogP contribution >= 0.6 is 15.9 Å². The summed E-state index contributed by atoms with van der Waals surface area (Å²) in [5, 5.41) is 2.45. The van der Waals surface area contributed by atoms with Gasteiger partial charge < -0.3 is 19.5 Å². The number of hydrogen-bond acceptors (Lipinski definition) is 4. The van der Waals surface area contributed by atoms with Crippen LogP contribution in [0.4, 0.5) is 0 Å². The first-order valence-electron chi connectivity index (χ1n) is 6.94. The van der Waals surface area contributed by atoms with Crippen LogP contribution in [-0.2, 0) is 9.59 Å². The highest BCUT2D eigenvalue weighted by atomic mass is 79.9. The Balaban J connectivity index is 2.44. The van der Waals surface area contributed by atoms with Crippen molar-refractivity contribution < 1.29 is 18.8 Å². The lowest BCUT2D eigenvalue weighted by Crippen LogP contribution is -2.44. The molecule has 0 spiro atoms. The number of carbonyl (C=O) groups is 3. The zero-order valence-electron chi connectivity index (χ0n) is 12.9. The molecule has 0 fully saturated rings. The molecule has 1 N–H and O–H groups in total. The van der Waals surface area contributed by atoms with Gasteiger partial charge in [-0.1, -0.05) is 0 Å². The first-order chi connectivity index (χ1) is 10.4. The van der Waals surface area contributed by atoms with E-state index in [0.717, 1.165) is 0 Å². The number of furan rings is 1. The molecule has 3 amide bonds. The van der Waals surface area contributed by atoms with Crippen molar-refractivity contribution in [3.05, 3.63) is 22.6 Å². The quantitative estimate of drug-likeness (QED) is 0.775. The van der Waals surface area contributed by atoms with Crippen molar-refractivity contribution in [2.75, 3.05) is 33.2 Å². The molecule has 1 aromatic heterocycles. The van der Waals surface area contributed by atoms with Crippen molar-refractivity contribution in [2.24, 2.45) is 0 Å². The maximum Gasteiger partial charge on any atom is 0.287 e. The Hall–Kier alpha value is -1.83. The number of likely N-dealkylation sites (N-methyl/N-ethyl adjacent to an activating group) is 2. The number of carbonyl (C=O) groups excluding carboxylic acids is 3. The van der Waals surface area contributed by atoms with Crippen LogP contribution in [0.15, 0.2) is 21.2 Å². The predicted molar refractivity (Wildman–Crippen MR) is 84.3 cm³/mol. The van der Waals surface area contributed by atoms with E-state index in [2.05, 4.69) is 21.2 Å². The summed E-state index contributed by atoms with van der Waals surface area (Å²) in [4.78, 5) is 38.5. The summed E-state index contributed by atoms with van der Waals surface area (Å²) >= 11 is 3.09. The molecule has 0 saturated carbocycles. The van der Waals surface area contributed by atoms with Crippen molar-refractivity contribution in [3.63, 3.8) is 0 Å². The summed E-state index contributed by atoms with van der Waals surface area (Å²) in [6, 6.07) is 3.09. The lowest BCUT2D eigenvalue weighted by atomic mass is 10.4. The molecule has 1 heterocycles. The van der Waals surface area contributed by atoms with Gasteiger partial charge in [0.05, 0.1) is 13.1 Å². The molecule has 1 aromatic rings. The molecule has 7 nitrogen and oxygen atoms in total. The molecule has 1 rings (SSSR count). The molecule has 0 aromatic carbocycles. The lowest BCUT2D eigenvalue weighted by molar-refractivity contribution is -0.138. The van der Waals surface area contributed by atoms with Crippen LogP contribution in [0.3, 0.4) is 0 Å². The van der Waals surface area contributed by atoms with E-state index >= 15 is 0 Å². The maximum atomic E-state index is 11.9. The number of rotatable bonds is 7. The zero-order chi connectivity index (χ0) is 16.7. The number of halogens is 1. The van der Waals surface area contributed by atoms with Crippen molar-refractivity contribution in [3.8, 4) is 0 Å². The van der Waals surface area contributed by atoms with Gasteiger partial charge in [0.2, 0.25) is 11.8 Å². The minimum Gasteiger partial charge on any atom is -0.444 e. The first kappa shape index (κ1) is 18.2. The highest BCUT2D eigenvalue weighted by Gasteiger charge is 2.18. The number of nitrogens with one attached hydrogen (secondary N) is 1. The summed E-state index contributed by atoms with van der Waals surface area (Å²) in [7, 11) is 1.53. The van der Waals surface area contributed by atoms with Crippen LogP contribution in [0.5, 0.6) is 0 Å². The van der Waals surface area contributed by atoms with E-state index in [1.54, 1.807) is 11.0 Å². The molecule has 0 saturated heterocycles. The molecule has 0 radical (unpaired) electrons. The molecule has 0 aliphatic carbocycles. The van der Waals surface area contributed by atoms with Gasteiger partial charge in [0.1, 0.15) is 0 Å². The Morgan fingerprint density at radius 2 is 1.82 bits per heavy atom. The molecule has 0 atom stereocenters. The first-order valence-corrected chi connectivity index (χ1v) is 7.73. The Labute approximate surface area is 137 Å². The Morgan fingerprint density at radius 1 is 1.18 bits per heavy atom. The van der Waals surface area contributed by atoms with Gasteiger partial charge >= 0.3 is 0 Å². The zero-order valence-corrected chi connectivity index (χ0v) is 14.5. The van der Waals surface area contributed by atoms with Crippen LogP contribution in [0.25, 0.3) is 0 Å².